The molecule has 2 fully saturated rings. The van der Waals surface area contributed by atoms with E-state index < -0.39 is 0 Å². The number of nitrogens with one attached hydrogen (secondary N) is 2. The summed E-state index contributed by atoms with van der Waals surface area (Å²) in [5, 5.41) is 11.5. The molecule has 2 saturated heterocycles. The van der Waals surface area contributed by atoms with E-state index in [1.54, 1.807) is 0 Å². The van der Waals surface area contributed by atoms with Crippen LogP contribution >= 0.6 is 11.8 Å². The van der Waals surface area contributed by atoms with Gasteiger partial charge in [-0.2, -0.15) is 16.9 Å². The average molecular weight is 409 g/mol. The van der Waals surface area contributed by atoms with E-state index in [9.17, 15) is 0 Å². The van der Waals surface area contributed by atoms with E-state index in [0.717, 1.165) is 70.6 Å². The van der Waals surface area contributed by atoms with E-state index >= 15 is 0 Å². The maximum Gasteiger partial charge on any atom is 0.191 e. The van der Waals surface area contributed by atoms with Crippen LogP contribution in [0.25, 0.3) is 0 Å². The standard InChI is InChI=1S/C20H36N6OS/c1-4-21-19(22-7-5-8-26-18(3)14-17(2)24-26)23-15-20(6-13-28-16-20)25-9-11-27-12-10-25/h14H,4-13,15-16H2,1-3H3,(H2,21,22,23). The number of nitrogens with zero attached hydrogens (tertiary/aromatic N) is 4. The number of morpholine rings is 1. The molecule has 2 N–H and O–H groups in total. The molecule has 7 nitrogen and oxygen atoms in total. The Morgan fingerprint density at radius 1 is 1.32 bits per heavy atom. The highest BCUT2D eigenvalue weighted by molar-refractivity contribution is 7.99. The Kier molecular flexibility index (Phi) is 8.05. The number of thioether (sulfide) groups is 1. The molecule has 8 heteroatoms. The Bertz CT molecular complexity index is 635. The maximum atomic E-state index is 5.56. The smallest absolute Gasteiger partial charge is 0.191 e. The molecular weight excluding hydrogens is 372 g/mol. The summed E-state index contributed by atoms with van der Waals surface area (Å²) in [6.45, 7) is 13.6. The molecule has 0 saturated carbocycles. The number of hydrogen-bond donors (Lipinski definition) is 2. The summed E-state index contributed by atoms with van der Waals surface area (Å²) in [4.78, 5) is 7.60. The van der Waals surface area contributed by atoms with Gasteiger partial charge in [-0.3, -0.25) is 14.6 Å². The van der Waals surface area contributed by atoms with Gasteiger partial charge in [0.15, 0.2) is 5.96 Å². The zero-order chi connectivity index (χ0) is 19.8. The van der Waals surface area contributed by atoms with Crippen LogP contribution in [0.5, 0.6) is 0 Å². The minimum Gasteiger partial charge on any atom is -0.379 e. The third-order valence-corrected chi connectivity index (χ3v) is 6.82. The van der Waals surface area contributed by atoms with Crippen LogP contribution in [-0.4, -0.2) is 83.6 Å². The zero-order valence-corrected chi connectivity index (χ0v) is 18.5. The third kappa shape index (κ3) is 5.64. The monoisotopic (exact) mass is 408 g/mol. The number of aryl methyl sites for hydroxylation is 3. The number of rotatable bonds is 8. The molecule has 28 heavy (non-hydrogen) atoms. The molecule has 0 aromatic carbocycles. The molecule has 1 aromatic rings. The normalized spacial score (nSPS) is 23.9. The van der Waals surface area contributed by atoms with Crippen molar-refractivity contribution >= 4 is 17.7 Å². The quantitative estimate of drug-likeness (QED) is 0.387. The lowest BCUT2D eigenvalue weighted by Crippen LogP contribution is -2.56. The molecule has 2 aliphatic rings. The minimum atomic E-state index is 0.195. The first-order chi connectivity index (χ1) is 13.6. The molecule has 0 amide bonds. The largest absolute Gasteiger partial charge is 0.379 e. The molecule has 1 aromatic heterocycles. The van der Waals surface area contributed by atoms with Crippen molar-refractivity contribution in [3.8, 4) is 0 Å². The van der Waals surface area contributed by atoms with E-state index in [2.05, 4.69) is 57.0 Å². The van der Waals surface area contributed by atoms with E-state index in [1.807, 2.05) is 6.92 Å². The number of aliphatic imine (C=N–C) groups is 1. The van der Waals surface area contributed by atoms with Gasteiger partial charge in [0.1, 0.15) is 0 Å². The van der Waals surface area contributed by atoms with Crippen molar-refractivity contribution in [2.75, 3.05) is 57.4 Å². The highest BCUT2D eigenvalue weighted by Crippen LogP contribution is 2.34. The minimum absolute atomic E-state index is 0.195. The number of guanidine groups is 1. The van der Waals surface area contributed by atoms with Gasteiger partial charge in [-0.15, -0.1) is 0 Å². The molecule has 0 aliphatic carbocycles. The second kappa shape index (κ2) is 10.5. The molecule has 1 atom stereocenters. The summed E-state index contributed by atoms with van der Waals surface area (Å²) in [6, 6.07) is 2.13. The predicted molar refractivity (Wildman–Crippen MR) is 117 cm³/mol. The van der Waals surface area contributed by atoms with Crippen LogP contribution in [0.1, 0.15) is 31.2 Å². The molecule has 2 aliphatic heterocycles. The fourth-order valence-electron chi connectivity index (χ4n) is 4.01. The first kappa shape index (κ1) is 21.5. The van der Waals surface area contributed by atoms with E-state index in [4.69, 9.17) is 9.73 Å². The SMILES string of the molecule is CCNC(=NCC1(N2CCOCC2)CCSC1)NCCCn1nc(C)cc1C. The van der Waals surface area contributed by atoms with Gasteiger partial charge in [0, 0.05) is 44.2 Å². The summed E-state index contributed by atoms with van der Waals surface area (Å²) < 4.78 is 7.65. The lowest BCUT2D eigenvalue weighted by Gasteiger charge is -2.42. The summed E-state index contributed by atoms with van der Waals surface area (Å²) in [5.41, 5.74) is 2.51. The van der Waals surface area contributed by atoms with Gasteiger partial charge in [-0.05, 0) is 45.4 Å². The van der Waals surface area contributed by atoms with Crippen LogP contribution in [0, 0.1) is 13.8 Å². The van der Waals surface area contributed by atoms with Crippen LogP contribution in [-0.2, 0) is 11.3 Å². The number of hydrogen-bond acceptors (Lipinski definition) is 5. The van der Waals surface area contributed by atoms with Gasteiger partial charge in [0.2, 0.25) is 0 Å². The van der Waals surface area contributed by atoms with Crippen molar-refractivity contribution < 1.29 is 4.74 Å². The van der Waals surface area contributed by atoms with Crippen LogP contribution in [0.15, 0.2) is 11.1 Å². The number of aromatic nitrogens is 2. The Labute approximate surface area is 173 Å². The zero-order valence-electron chi connectivity index (χ0n) is 17.7. The summed E-state index contributed by atoms with van der Waals surface area (Å²) in [6.07, 6.45) is 2.25. The first-order valence-corrected chi connectivity index (χ1v) is 11.7. The van der Waals surface area contributed by atoms with Crippen molar-refractivity contribution in [1.82, 2.24) is 25.3 Å². The second-order valence-electron chi connectivity index (χ2n) is 7.75. The number of ether oxygens (including phenoxy) is 1. The van der Waals surface area contributed by atoms with Gasteiger partial charge < -0.3 is 15.4 Å². The van der Waals surface area contributed by atoms with Crippen LogP contribution in [0.4, 0.5) is 0 Å². The second-order valence-corrected chi connectivity index (χ2v) is 8.86. The molecule has 0 bridgehead atoms. The lowest BCUT2D eigenvalue weighted by molar-refractivity contribution is -0.0104. The van der Waals surface area contributed by atoms with Crippen LogP contribution < -0.4 is 10.6 Å². The van der Waals surface area contributed by atoms with Crippen molar-refractivity contribution in [3.05, 3.63) is 17.5 Å². The van der Waals surface area contributed by atoms with Gasteiger partial charge in [-0.1, -0.05) is 0 Å². The first-order valence-electron chi connectivity index (χ1n) is 10.6. The van der Waals surface area contributed by atoms with E-state index in [0.29, 0.717) is 0 Å². The molecule has 3 heterocycles. The summed E-state index contributed by atoms with van der Waals surface area (Å²) >= 11 is 2.06. The van der Waals surface area contributed by atoms with Crippen molar-refractivity contribution in [2.45, 2.75) is 45.7 Å². The van der Waals surface area contributed by atoms with E-state index in [-0.39, 0.29) is 5.54 Å². The van der Waals surface area contributed by atoms with Crippen molar-refractivity contribution in [3.63, 3.8) is 0 Å². The van der Waals surface area contributed by atoms with Gasteiger partial charge in [0.25, 0.3) is 0 Å². The summed E-state index contributed by atoms with van der Waals surface area (Å²) in [5.74, 6) is 3.34. The molecule has 0 spiro atoms. The van der Waals surface area contributed by atoms with Crippen molar-refractivity contribution in [1.29, 1.82) is 0 Å². The Morgan fingerprint density at radius 2 is 2.14 bits per heavy atom. The molecule has 3 rings (SSSR count). The Hall–Kier alpha value is -1.25. The maximum absolute atomic E-state index is 5.56. The Morgan fingerprint density at radius 3 is 2.79 bits per heavy atom. The van der Waals surface area contributed by atoms with Gasteiger partial charge >= 0.3 is 0 Å². The average Bonchev–Trinajstić information content (AvgIpc) is 3.31. The molecule has 0 radical (unpaired) electrons. The molecule has 1 unspecified atom stereocenters. The predicted octanol–water partition coefficient (Wildman–Crippen LogP) is 1.65. The fraction of sp³-hybridized carbons (Fsp3) is 0.800. The topological polar surface area (TPSA) is 66.7 Å². The summed E-state index contributed by atoms with van der Waals surface area (Å²) in [7, 11) is 0. The lowest BCUT2D eigenvalue weighted by atomic mass is 9.96. The Balaban J connectivity index is 1.52. The van der Waals surface area contributed by atoms with E-state index in [1.165, 1.54) is 23.6 Å². The van der Waals surface area contributed by atoms with Crippen LogP contribution in [0.2, 0.25) is 0 Å². The highest BCUT2D eigenvalue weighted by atomic mass is 32.2. The van der Waals surface area contributed by atoms with Gasteiger partial charge in [0.05, 0.1) is 31.0 Å². The molecular formula is C20H36N6OS. The fourth-order valence-corrected chi connectivity index (χ4v) is 5.48. The molecule has 158 valence electrons. The van der Waals surface area contributed by atoms with Crippen LogP contribution in [0.3, 0.4) is 0 Å². The van der Waals surface area contributed by atoms with Gasteiger partial charge in [-0.25, -0.2) is 0 Å². The highest BCUT2D eigenvalue weighted by Gasteiger charge is 2.40. The van der Waals surface area contributed by atoms with Crippen molar-refractivity contribution in [2.24, 2.45) is 4.99 Å². The third-order valence-electron chi connectivity index (χ3n) is 5.58.